The lowest BCUT2D eigenvalue weighted by Crippen LogP contribution is -2.37. The fraction of sp³-hybridized carbons (Fsp3) is 0.556. The second kappa shape index (κ2) is 8.68. The number of methoxy groups -OCH3 is 1. The Hall–Kier alpha value is -2.08. The lowest BCUT2D eigenvalue weighted by molar-refractivity contribution is -0.123. The third-order valence-electron chi connectivity index (χ3n) is 4.38. The van der Waals surface area contributed by atoms with Crippen molar-refractivity contribution in [1.29, 1.82) is 0 Å². The maximum atomic E-state index is 11.9. The highest BCUT2D eigenvalue weighted by atomic mass is 16.5. The normalized spacial score (nSPS) is 15.8. The molecule has 6 heteroatoms. The van der Waals surface area contributed by atoms with E-state index in [1.807, 2.05) is 0 Å². The van der Waals surface area contributed by atoms with Gasteiger partial charge in [-0.05, 0) is 43.9 Å². The second-order valence-corrected chi connectivity index (χ2v) is 6.13. The Labute approximate surface area is 142 Å². The average Bonchev–Trinajstić information content (AvgIpc) is 3.12. The van der Waals surface area contributed by atoms with Gasteiger partial charge in [-0.15, -0.1) is 0 Å². The highest BCUT2D eigenvalue weighted by molar-refractivity contribution is 5.94. The van der Waals surface area contributed by atoms with Crippen LogP contribution in [0.1, 0.15) is 43.0 Å². The number of nitrogens with one attached hydrogen (secondary N) is 1. The molecule has 1 atom stereocenters. The van der Waals surface area contributed by atoms with Gasteiger partial charge < -0.3 is 19.9 Å². The van der Waals surface area contributed by atoms with E-state index in [0.29, 0.717) is 17.1 Å². The number of aliphatic hydroxyl groups is 1. The Balaban J connectivity index is 1.81. The largest absolute Gasteiger partial charge is 0.493 e. The van der Waals surface area contributed by atoms with E-state index in [0.717, 1.165) is 25.7 Å². The summed E-state index contributed by atoms with van der Waals surface area (Å²) in [5, 5.41) is 12.7. The van der Waals surface area contributed by atoms with Gasteiger partial charge in [0.2, 0.25) is 0 Å². The van der Waals surface area contributed by atoms with E-state index >= 15 is 0 Å². The first kappa shape index (κ1) is 18.3. The summed E-state index contributed by atoms with van der Waals surface area (Å²) in [6.45, 7) is 1.54. The van der Waals surface area contributed by atoms with Crippen LogP contribution in [-0.4, -0.2) is 43.2 Å². The fourth-order valence-corrected chi connectivity index (χ4v) is 2.93. The molecule has 0 unspecified atom stereocenters. The Kier molecular flexibility index (Phi) is 6.61. The van der Waals surface area contributed by atoms with E-state index in [2.05, 4.69) is 5.32 Å². The maximum absolute atomic E-state index is 11.9. The predicted molar refractivity (Wildman–Crippen MR) is 89.5 cm³/mol. The molecule has 0 radical (unpaired) electrons. The molecule has 1 fully saturated rings. The number of ether oxygens (including phenoxy) is 2. The van der Waals surface area contributed by atoms with Crippen molar-refractivity contribution >= 4 is 11.7 Å². The topological polar surface area (TPSA) is 84.9 Å². The fourth-order valence-electron chi connectivity index (χ4n) is 2.93. The molecule has 1 aliphatic carbocycles. The van der Waals surface area contributed by atoms with Gasteiger partial charge in [0.25, 0.3) is 5.91 Å². The molecule has 1 amide bonds. The van der Waals surface area contributed by atoms with Gasteiger partial charge in [-0.25, -0.2) is 0 Å². The molecule has 1 saturated carbocycles. The molecule has 0 aromatic heterocycles. The number of amides is 1. The predicted octanol–water partition coefficient (Wildman–Crippen LogP) is 1.94. The first-order chi connectivity index (χ1) is 11.5. The third kappa shape index (κ3) is 4.96. The van der Waals surface area contributed by atoms with Crippen LogP contribution in [0, 0.1) is 5.92 Å². The Morgan fingerprint density at radius 3 is 2.62 bits per heavy atom. The minimum Gasteiger partial charge on any atom is -0.493 e. The van der Waals surface area contributed by atoms with Crippen LogP contribution < -0.4 is 14.8 Å². The molecule has 132 valence electrons. The number of carbonyl (C=O) groups is 2. The number of aliphatic hydroxyl groups excluding tert-OH is 1. The summed E-state index contributed by atoms with van der Waals surface area (Å²) in [4.78, 5) is 23.2. The summed E-state index contributed by atoms with van der Waals surface area (Å²) in [5.41, 5.74) is 0.517. The lowest BCUT2D eigenvalue weighted by Gasteiger charge is -2.18. The van der Waals surface area contributed by atoms with Gasteiger partial charge in [0.1, 0.15) is 0 Å². The molecule has 1 aliphatic rings. The first-order valence-electron chi connectivity index (χ1n) is 8.27. The van der Waals surface area contributed by atoms with E-state index < -0.39 is 6.10 Å². The van der Waals surface area contributed by atoms with Gasteiger partial charge in [0.05, 0.1) is 13.2 Å². The highest BCUT2D eigenvalue weighted by Crippen LogP contribution is 2.28. The van der Waals surface area contributed by atoms with E-state index in [1.165, 1.54) is 14.0 Å². The number of rotatable bonds is 8. The van der Waals surface area contributed by atoms with Gasteiger partial charge in [-0.1, -0.05) is 12.8 Å². The molecular formula is C18H25NO5. The number of hydrogen-bond acceptors (Lipinski definition) is 5. The molecule has 0 aliphatic heterocycles. The molecule has 1 aromatic rings. The SMILES string of the molecule is COc1cc(C(C)=O)ccc1OCC(=O)NC[C@H](O)C1CCCC1. The van der Waals surface area contributed by atoms with Crippen LogP contribution in [-0.2, 0) is 4.79 Å². The molecule has 24 heavy (non-hydrogen) atoms. The van der Waals surface area contributed by atoms with Crippen molar-refractivity contribution in [3.05, 3.63) is 23.8 Å². The number of carbonyl (C=O) groups excluding carboxylic acids is 2. The second-order valence-electron chi connectivity index (χ2n) is 6.13. The van der Waals surface area contributed by atoms with Crippen LogP contribution in [0.5, 0.6) is 11.5 Å². The maximum Gasteiger partial charge on any atom is 0.258 e. The van der Waals surface area contributed by atoms with Crippen molar-refractivity contribution in [1.82, 2.24) is 5.32 Å². The zero-order valence-corrected chi connectivity index (χ0v) is 14.2. The molecule has 2 rings (SSSR count). The quantitative estimate of drug-likeness (QED) is 0.709. The average molecular weight is 335 g/mol. The van der Waals surface area contributed by atoms with Crippen molar-refractivity contribution in [2.24, 2.45) is 5.92 Å². The molecule has 0 bridgehead atoms. The van der Waals surface area contributed by atoms with Gasteiger partial charge in [0.15, 0.2) is 23.9 Å². The molecule has 0 saturated heterocycles. The summed E-state index contributed by atoms with van der Waals surface area (Å²) in [5.74, 6) is 0.712. The highest BCUT2D eigenvalue weighted by Gasteiger charge is 2.23. The molecule has 0 heterocycles. The van der Waals surface area contributed by atoms with Gasteiger partial charge in [0, 0.05) is 12.1 Å². The van der Waals surface area contributed by atoms with Crippen LogP contribution in [0.25, 0.3) is 0 Å². The van der Waals surface area contributed by atoms with E-state index in [9.17, 15) is 14.7 Å². The zero-order valence-electron chi connectivity index (χ0n) is 14.2. The van der Waals surface area contributed by atoms with Crippen LogP contribution in [0.4, 0.5) is 0 Å². The van der Waals surface area contributed by atoms with Crippen LogP contribution >= 0.6 is 0 Å². The van der Waals surface area contributed by atoms with Crippen molar-refractivity contribution in [3.63, 3.8) is 0 Å². The lowest BCUT2D eigenvalue weighted by atomic mass is 10.0. The van der Waals surface area contributed by atoms with E-state index in [1.54, 1.807) is 18.2 Å². The zero-order chi connectivity index (χ0) is 17.5. The van der Waals surface area contributed by atoms with Gasteiger partial charge in [-0.2, -0.15) is 0 Å². The van der Waals surface area contributed by atoms with Crippen molar-refractivity contribution < 1.29 is 24.2 Å². The van der Waals surface area contributed by atoms with E-state index in [-0.39, 0.29) is 30.8 Å². The molecule has 6 nitrogen and oxygen atoms in total. The Bertz CT molecular complexity index is 581. The molecular weight excluding hydrogens is 310 g/mol. The summed E-state index contributed by atoms with van der Waals surface area (Å²) >= 11 is 0. The Morgan fingerprint density at radius 1 is 1.29 bits per heavy atom. The van der Waals surface area contributed by atoms with Gasteiger partial charge >= 0.3 is 0 Å². The van der Waals surface area contributed by atoms with Crippen LogP contribution in [0.3, 0.4) is 0 Å². The summed E-state index contributed by atoms with van der Waals surface area (Å²) in [6, 6.07) is 4.82. The number of hydrogen-bond donors (Lipinski definition) is 2. The summed E-state index contributed by atoms with van der Waals surface area (Å²) < 4.78 is 10.6. The van der Waals surface area contributed by atoms with Crippen molar-refractivity contribution in [2.75, 3.05) is 20.3 Å². The molecule has 1 aromatic carbocycles. The third-order valence-corrected chi connectivity index (χ3v) is 4.38. The van der Waals surface area contributed by atoms with Crippen molar-refractivity contribution in [2.45, 2.75) is 38.7 Å². The minimum absolute atomic E-state index is 0.0708. The minimum atomic E-state index is -0.499. The Morgan fingerprint density at radius 2 is 2.00 bits per heavy atom. The monoisotopic (exact) mass is 335 g/mol. The first-order valence-corrected chi connectivity index (χ1v) is 8.27. The van der Waals surface area contributed by atoms with Crippen LogP contribution in [0.15, 0.2) is 18.2 Å². The molecule has 2 N–H and O–H groups in total. The standard InChI is InChI=1S/C18H25NO5/c1-12(20)14-7-8-16(17(9-14)23-2)24-11-18(22)19-10-15(21)13-5-3-4-6-13/h7-9,13,15,21H,3-6,10-11H2,1-2H3,(H,19,22)/t15-/m0/s1. The van der Waals surface area contributed by atoms with E-state index in [4.69, 9.17) is 9.47 Å². The van der Waals surface area contributed by atoms with Crippen molar-refractivity contribution in [3.8, 4) is 11.5 Å². The number of benzene rings is 1. The summed E-state index contributed by atoms with van der Waals surface area (Å²) in [7, 11) is 1.48. The van der Waals surface area contributed by atoms with Crippen LogP contribution in [0.2, 0.25) is 0 Å². The smallest absolute Gasteiger partial charge is 0.258 e. The number of ketones is 1. The summed E-state index contributed by atoms with van der Waals surface area (Å²) in [6.07, 6.45) is 3.84. The van der Waals surface area contributed by atoms with Gasteiger partial charge in [-0.3, -0.25) is 9.59 Å². The number of Topliss-reactive ketones (excluding diaryl/α,β-unsaturated/α-hetero) is 1. The molecule has 0 spiro atoms.